The van der Waals surface area contributed by atoms with Crippen LogP contribution in [-0.4, -0.2) is 78.3 Å². The van der Waals surface area contributed by atoms with Crippen LogP contribution in [0.2, 0.25) is 0 Å². The van der Waals surface area contributed by atoms with Crippen LogP contribution in [0, 0.1) is 13.8 Å². The summed E-state index contributed by atoms with van der Waals surface area (Å²) in [5, 5.41) is 5.47. The monoisotopic (exact) mass is 502 g/mol. The SMILES string of the molecule is CCN1CCN(c2cc(C)c3cc(NC(=S)N4CCN(c5cccc(C)c5)[C@H](C)C4)ccc3n2)CC1. The number of fused-ring (bicyclic) bond motifs is 1. The lowest BCUT2D eigenvalue weighted by molar-refractivity contribution is 0.270. The van der Waals surface area contributed by atoms with Crippen LogP contribution in [0.5, 0.6) is 0 Å². The summed E-state index contributed by atoms with van der Waals surface area (Å²) in [6, 6.07) is 17.8. The van der Waals surface area contributed by atoms with Gasteiger partial charge in [0, 0.05) is 68.6 Å². The number of aromatic nitrogens is 1. The van der Waals surface area contributed by atoms with Crippen LogP contribution in [0.25, 0.3) is 10.9 Å². The molecule has 1 aromatic heterocycles. The van der Waals surface area contributed by atoms with Crippen molar-refractivity contribution in [2.75, 3.05) is 67.5 Å². The van der Waals surface area contributed by atoms with Crippen LogP contribution in [0.4, 0.5) is 17.2 Å². The van der Waals surface area contributed by atoms with E-state index in [1.807, 2.05) is 0 Å². The van der Waals surface area contributed by atoms with Crippen molar-refractivity contribution in [1.29, 1.82) is 0 Å². The number of piperazine rings is 2. The second kappa shape index (κ2) is 10.6. The van der Waals surface area contributed by atoms with Gasteiger partial charge >= 0.3 is 0 Å². The van der Waals surface area contributed by atoms with Crippen molar-refractivity contribution in [2.24, 2.45) is 0 Å². The van der Waals surface area contributed by atoms with Gasteiger partial charge in [0.15, 0.2) is 5.11 Å². The minimum atomic E-state index is 0.390. The standard InChI is InChI=1S/C29H38N6S/c1-5-32-11-13-33(14-12-32)28-18-22(3)26-19-24(9-10-27(26)31-28)30-29(36)34-15-16-35(23(4)20-34)25-8-6-7-21(2)17-25/h6-10,17-19,23H,5,11-16,20H2,1-4H3,(H,30,36)/t23-/m1/s1. The molecule has 190 valence electrons. The number of likely N-dealkylation sites (N-methyl/N-ethyl adjacent to an activating group) is 1. The fourth-order valence-corrected chi connectivity index (χ4v) is 5.73. The molecule has 2 aliphatic heterocycles. The summed E-state index contributed by atoms with van der Waals surface area (Å²) >= 11 is 5.84. The molecule has 0 bridgehead atoms. The van der Waals surface area contributed by atoms with Gasteiger partial charge in [-0.2, -0.15) is 0 Å². The van der Waals surface area contributed by atoms with E-state index in [0.717, 1.165) is 74.5 Å². The van der Waals surface area contributed by atoms with E-state index < -0.39 is 0 Å². The molecule has 1 atom stereocenters. The maximum atomic E-state index is 5.84. The Bertz CT molecular complexity index is 1240. The summed E-state index contributed by atoms with van der Waals surface area (Å²) in [4.78, 5) is 14.7. The zero-order valence-electron chi connectivity index (χ0n) is 22.0. The zero-order chi connectivity index (χ0) is 25.2. The minimum absolute atomic E-state index is 0.390. The van der Waals surface area contributed by atoms with Crippen molar-refractivity contribution in [3.05, 3.63) is 59.7 Å². The highest BCUT2D eigenvalue weighted by molar-refractivity contribution is 7.80. The van der Waals surface area contributed by atoms with Crippen molar-refractivity contribution in [3.8, 4) is 0 Å². The number of benzene rings is 2. The molecule has 0 unspecified atom stereocenters. The molecular formula is C29H38N6S. The average Bonchev–Trinajstić information content (AvgIpc) is 2.89. The molecule has 3 aromatic rings. The molecule has 2 aliphatic rings. The van der Waals surface area contributed by atoms with E-state index in [1.165, 1.54) is 22.2 Å². The minimum Gasteiger partial charge on any atom is -0.365 e. The number of nitrogens with zero attached hydrogens (tertiary/aromatic N) is 5. The van der Waals surface area contributed by atoms with Gasteiger partial charge in [-0.3, -0.25) is 0 Å². The highest BCUT2D eigenvalue weighted by Crippen LogP contribution is 2.27. The maximum Gasteiger partial charge on any atom is 0.173 e. The molecule has 6 nitrogen and oxygen atoms in total. The maximum absolute atomic E-state index is 5.84. The molecule has 7 heteroatoms. The van der Waals surface area contributed by atoms with E-state index in [-0.39, 0.29) is 0 Å². The summed E-state index contributed by atoms with van der Waals surface area (Å²) in [6.07, 6.45) is 0. The number of aryl methyl sites for hydroxylation is 2. The van der Waals surface area contributed by atoms with E-state index in [2.05, 4.69) is 101 Å². The summed E-state index contributed by atoms with van der Waals surface area (Å²) in [5.41, 5.74) is 5.91. The normalized spacial score (nSPS) is 19.1. The topological polar surface area (TPSA) is 37.9 Å². The second-order valence-corrected chi connectivity index (χ2v) is 10.6. The first-order valence-electron chi connectivity index (χ1n) is 13.2. The molecule has 2 saturated heterocycles. The molecule has 0 radical (unpaired) electrons. The van der Waals surface area contributed by atoms with E-state index in [4.69, 9.17) is 17.2 Å². The van der Waals surface area contributed by atoms with E-state index in [9.17, 15) is 0 Å². The Morgan fingerprint density at radius 1 is 1.00 bits per heavy atom. The summed E-state index contributed by atoms with van der Waals surface area (Å²) in [5.74, 6) is 1.09. The number of hydrogen-bond donors (Lipinski definition) is 1. The Labute approximate surface area is 220 Å². The highest BCUT2D eigenvalue weighted by atomic mass is 32.1. The molecule has 36 heavy (non-hydrogen) atoms. The fraction of sp³-hybridized carbons (Fsp3) is 0.448. The molecule has 5 rings (SSSR count). The second-order valence-electron chi connectivity index (χ2n) is 10.2. The van der Waals surface area contributed by atoms with Crippen LogP contribution in [0.3, 0.4) is 0 Å². The van der Waals surface area contributed by atoms with Gasteiger partial charge in [-0.05, 0) is 87.1 Å². The third-order valence-electron chi connectivity index (χ3n) is 7.64. The van der Waals surface area contributed by atoms with Gasteiger partial charge in [-0.15, -0.1) is 0 Å². The first-order chi connectivity index (χ1) is 17.4. The van der Waals surface area contributed by atoms with Gasteiger partial charge in [0.2, 0.25) is 0 Å². The van der Waals surface area contributed by atoms with Gasteiger partial charge < -0.3 is 24.9 Å². The average molecular weight is 503 g/mol. The number of rotatable bonds is 4. The van der Waals surface area contributed by atoms with Crippen LogP contribution in [0.15, 0.2) is 48.5 Å². The molecule has 3 heterocycles. The quantitative estimate of drug-likeness (QED) is 0.509. The Kier molecular flexibility index (Phi) is 7.30. The van der Waals surface area contributed by atoms with E-state index in [0.29, 0.717) is 6.04 Å². The number of hydrogen-bond acceptors (Lipinski definition) is 5. The summed E-state index contributed by atoms with van der Waals surface area (Å²) in [7, 11) is 0. The van der Waals surface area contributed by atoms with Crippen molar-refractivity contribution in [2.45, 2.75) is 33.7 Å². The van der Waals surface area contributed by atoms with Gasteiger partial charge in [0.1, 0.15) is 5.82 Å². The Morgan fingerprint density at radius 2 is 1.81 bits per heavy atom. The van der Waals surface area contributed by atoms with E-state index in [1.54, 1.807) is 0 Å². The first-order valence-corrected chi connectivity index (χ1v) is 13.6. The third kappa shape index (κ3) is 5.27. The molecule has 0 spiro atoms. The lowest BCUT2D eigenvalue weighted by Crippen LogP contribution is -2.54. The lowest BCUT2D eigenvalue weighted by atomic mass is 10.1. The smallest absolute Gasteiger partial charge is 0.173 e. The predicted molar refractivity (Wildman–Crippen MR) is 157 cm³/mol. The predicted octanol–water partition coefficient (Wildman–Crippen LogP) is 4.90. The summed E-state index contributed by atoms with van der Waals surface area (Å²) < 4.78 is 0. The molecule has 0 saturated carbocycles. The largest absolute Gasteiger partial charge is 0.365 e. The first kappa shape index (κ1) is 24.8. The number of nitrogens with one attached hydrogen (secondary N) is 1. The Hall–Kier alpha value is -2.90. The Morgan fingerprint density at radius 3 is 2.53 bits per heavy atom. The van der Waals surface area contributed by atoms with E-state index >= 15 is 0 Å². The van der Waals surface area contributed by atoms with Crippen LogP contribution in [-0.2, 0) is 0 Å². The number of anilines is 3. The third-order valence-corrected chi connectivity index (χ3v) is 8.01. The fourth-order valence-electron chi connectivity index (χ4n) is 5.44. The van der Waals surface area contributed by atoms with Crippen LogP contribution >= 0.6 is 12.2 Å². The molecule has 0 amide bonds. The van der Waals surface area contributed by atoms with Crippen LogP contribution < -0.4 is 15.1 Å². The Balaban J connectivity index is 1.25. The number of thiocarbonyl (C=S) groups is 1. The zero-order valence-corrected chi connectivity index (χ0v) is 22.8. The van der Waals surface area contributed by atoms with Crippen LogP contribution in [0.1, 0.15) is 25.0 Å². The number of pyridine rings is 1. The molecular weight excluding hydrogens is 464 g/mol. The van der Waals surface area contributed by atoms with Gasteiger partial charge in [-0.1, -0.05) is 19.1 Å². The highest BCUT2D eigenvalue weighted by Gasteiger charge is 2.25. The van der Waals surface area contributed by atoms with Crippen molar-refractivity contribution >= 4 is 45.4 Å². The van der Waals surface area contributed by atoms with Crippen molar-refractivity contribution in [3.63, 3.8) is 0 Å². The van der Waals surface area contributed by atoms with Gasteiger partial charge in [-0.25, -0.2) is 4.98 Å². The molecule has 1 N–H and O–H groups in total. The van der Waals surface area contributed by atoms with Crippen molar-refractivity contribution in [1.82, 2.24) is 14.8 Å². The summed E-state index contributed by atoms with van der Waals surface area (Å²) in [6.45, 7) is 17.0. The molecule has 2 fully saturated rings. The lowest BCUT2D eigenvalue weighted by Gasteiger charge is -2.42. The van der Waals surface area contributed by atoms with Gasteiger partial charge in [0.05, 0.1) is 5.52 Å². The van der Waals surface area contributed by atoms with Gasteiger partial charge in [0.25, 0.3) is 0 Å². The van der Waals surface area contributed by atoms with Crippen molar-refractivity contribution < 1.29 is 0 Å². The molecule has 2 aromatic carbocycles. The molecule has 0 aliphatic carbocycles.